The highest BCUT2D eigenvalue weighted by molar-refractivity contribution is 6.02. The molecular formula is C26H25N5O5. The molecule has 2 aromatic heterocycles. The zero-order chi connectivity index (χ0) is 24.8. The van der Waals surface area contributed by atoms with E-state index in [0.29, 0.717) is 16.5 Å². The number of imidazole rings is 1. The fourth-order valence-corrected chi connectivity index (χ4v) is 5.25. The Morgan fingerprint density at radius 1 is 1.17 bits per heavy atom. The highest BCUT2D eigenvalue weighted by Gasteiger charge is 2.28. The summed E-state index contributed by atoms with van der Waals surface area (Å²) < 4.78 is 5.67. The van der Waals surface area contributed by atoms with Gasteiger partial charge in [0.2, 0.25) is 5.95 Å². The Morgan fingerprint density at radius 3 is 2.78 bits per heavy atom. The Morgan fingerprint density at radius 2 is 1.97 bits per heavy atom. The van der Waals surface area contributed by atoms with Crippen molar-refractivity contribution in [2.45, 2.75) is 31.7 Å². The molecule has 10 heteroatoms. The first-order chi connectivity index (χ1) is 17.5. The van der Waals surface area contributed by atoms with Crippen LogP contribution in [0.15, 0.2) is 45.6 Å². The second kappa shape index (κ2) is 8.80. The molecule has 4 heterocycles. The number of aryl methyl sites for hydroxylation is 2. The van der Waals surface area contributed by atoms with Crippen LogP contribution in [0.2, 0.25) is 0 Å². The summed E-state index contributed by atoms with van der Waals surface area (Å²) in [5.74, 6) is -1.28. The second-order valence-corrected chi connectivity index (χ2v) is 9.22. The first kappa shape index (κ1) is 22.3. The number of aromatic amines is 1. The van der Waals surface area contributed by atoms with Crippen LogP contribution >= 0.6 is 0 Å². The normalized spacial score (nSPS) is 15.5. The Bertz CT molecular complexity index is 1540. The molecule has 0 saturated carbocycles. The van der Waals surface area contributed by atoms with Crippen LogP contribution in [0.3, 0.4) is 0 Å². The number of anilines is 2. The predicted molar refractivity (Wildman–Crippen MR) is 134 cm³/mol. The minimum atomic E-state index is -1.29. The lowest BCUT2D eigenvalue weighted by Gasteiger charge is -2.37. The van der Waals surface area contributed by atoms with E-state index in [0.717, 1.165) is 49.9 Å². The van der Waals surface area contributed by atoms with E-state index in [4.69, 9.17) is 4.42 Å². The van der Waals surface area contributed by atoms with Crippen LogP contribution in [-0.2, 0) is 17.6 Å². The van der Waals surface area contributed by atoms with Crippen LogP contribution in [0, 0.1) is 0 Å². The van der Waals surface area contributed by atoms with Gasteiger partial charge in [0.05, 0.1) is 17.6 Å². The molecule has 4 aromatic rings. The molecule has 0 radical (unpaired) electrons. The van der Waals surface area contributed by atoms with Gasteiger partial charge in [-0.2, -0.15) is 0 Å². The van der Waals surface area contributed by atoms with Gasteiger partial charge in [-0.15, -0.1) is 0 Å². The van der Waals surface area contributed by atoms with Crippen molar-refractivity contribution in [2.24, 2.45) is 0 Å². The van der Waals surface area contributed by atoms with Crippen LogP contribution in [0.5, 0.6) is 0 Å². The van der Waals surface area contributed by atoms with Crippen LogP contribution < -0.4 is 21.2 Å². The zero-order valence-corrected chi connectivity index (χ0v) is 19.5. The molecule has 0 aliphatic carbocycles. The average Bonchev–Trinajstić information content (AvgIpc) is 3.29. The van der Waals surface area contributed by atoms with E-state index in [-0.39, 0.29) is 11.5 Å². The Labute approximate surface area is 205 Å². The van der Waals surface area contributed by atoms with Crippen LogP contribution in [0.1, 0.15) is 34.3 Å². The molecule has 2 aliphatic rings. The SMILES string of the molecule is O=C(N[C@@H](CO)C(=O)Nc1nc2ccccc2[nH]1)c1cc2cc3c4c(c2oc1=O)CCCN4CCC3. The summed E-state index contributed by atoms with van der Waals surface area (Å²) in [6, 6.07) is 9.47. The van der Waals surface area contributed by atoms with Gasteiger partial charge in [0.15, 0.2) is 0 Å². The third-order valence-electron chi connectivity index (χ3n) is 6.90. The summed E-state index contributed by atoms with van der Waals surface area (Å²) >= 11 is 0. The van der Waals surface area contributed by atoms with E-state index in [1.807, 2.05) is 24.3 Å². The lowest BCUT2D eigenvalue weighted by molar-refractivity contribution is -0.118. The van der Waals surface area contributed by atoms with Gasteiger partial charge < -0.3 is 24.7 Å². The summed E-state index contributed by atoms with van der Waals surface area (Å²) in [6.07, 6.45) is 3.79. The molecule has 2 aromatic carbocycles. The number of aliphatic hydroxyl groups excluding tert-OH is 1. The molecule has 36 heavy (non-hydrogen) atoms. The van der Waals surface area contributed by atoms with Gasteiger partial charge in [0, 0.05) is 29.7 Å². The molecule has 6 rings (SSSR count). The van der Waals surface area contributed by atoms with Gasteiger partial charge >= 0.3 is 5.63 Å². The highest BCUT2D eigenvalue weighted by Crippen LogP contribution is 2.39. The van der Waals surface area contributed by atoms with E-state index in [9.17, 15) is 19.5 Å². The van der Waals surface area contributed by atoms with Crippen LogP contribution in [0.25, 0.3) is 22.0 Å². The van der Waals surface area contributed by atoms with Gasteiger partial charge in [-0.05, 0) is 55.5 Å². The second-order valence-electron chi connectivity index (χ2n) is 9.22. The molecule has 0 unspecified atom stereocenters. The number of carbonyl (C=O) groups excluding carboxylic acids is 2. The fourth-order valence-electron chi connectivity index (χ4n) is 5.25. The first-order valence-electron chi connectivity index (χ1n) is 12.1. The molecule has 4 N–H and O–H groups in total. The number of rotatable bonds is 5. The molecular weight excluding hydrogens is 462 g/mol. The van der Waals surface area contributed by atoms with Crippen LogP contribution in [0.4, 0.5) is 11.6 Å². The van der Waals surface area contributed by atoms with Crippen LogP contribution in [-0.4, -0.2) is 52.6 Å². The summed E-state index contributed by atoms with van der Waals surface area (Å²) in [4.78, 5) is 48.1. The number of fused-ring (bicyclic) bond motifs is 3. The monoisotopic (exact) mass is 487 g/mol. The quantitative estimate of drug-likeness (QED) is 0.316. The minimum absolute atomic E-state index is 0.187. The van der Waals surface area contributed by atoms with E-state index >= 15 is 0 Å². The molecule has 2 amide bonds. The van der Waals surface area contributed by atoms with Crippen molar-refractivity contribution in [2.75, 3.05) is 29.9 Å². The molecule has 0 saturated heterocycles. The number of aliphatic hydroxyl groups is 1. The van der Waals surface area contributed by atoms with Gasteiger partial charge in [-0.25, -0.2) is 9.78 Å². The fraction of sp³-hybridized carbons (Fsp3) is 0.308. The number of carbonyl (C=O) groups is 2. The average molecular weight is 488 g/mol. The van der Waals surface area contributed by atoms with Crippen molar-refractivity contribution < 1.29 is 19.1 Å². The maximum Gasteiger partial charge on any atom is 0.349 e. The van der Waals surface area contributed by atoms with Gasteiger partial charge in [-0.1, -0.05) is 12.1 Å². The summed E-state index contributed by atoms with van der Waals surface area (Å²) in [5, 5.41) is 15.5. The third kappa shape index (κ3) is 3.79. The highest BCUT2D eigenvalue weighted by atomic mass is 16.4. The number of hydrogen-bond acceptors (Lipinski definition) is 7. The number of amides is 2. The van der Waals surface area contributed by atoms with E-state index in [1.54, 1.807) is 6.07 Å². The van der Waals surface area contributed by atoms with Crippen molar-refractivity contribution >= 4 is 45.5 Å². The summed E-state index contributed by atoms with van der Waals surface area (Å²) in [6.45, 7) is 1.33. The van der Waals surface area contributed by atoms with Crippen molar-refractivity contribution in [3.05, 3.63) is 63.5 Å². The maximum atomic E-state index is 13.0. The lowest BCUT2D eigenvalue weighted by atomic mass is 9.90. The van der Waals surface area contributed by atoms with Gasteiger partial charge in [-0.3, -0.25) is 14.9 Å². The number of benzene rings is 2. The standard InChI is InChI=1S/C26H25N5O5/c32-13-20(24(34)30-26-28-18-7-1-2-8-19(18)29-26)27-23(33)17-12-15-11-14-5-3-9-31-10-4-6-16(21(14)31)22(15)36-25(17)35/h1-2,7-8,11-12,20,32H,3-6,9-10,13H2,(H,27,33)(H2,28,29,30,34)/t20-/m0/s1. The number of aromatic nitrogens is 2. The van der Waals surface area contributed by atoms with Crippen molar-refractivity contribution in [3.8, 4) is 0 Å². The van der Waals surface area contributed by atoms with Gasteiger partial charge in [0.25, 0.3) is 11.8 Å². The largest absolute Gasteiger partial charge is 0.422 e. The Hall–Kier alpha value is -4.18. The lowest BCUT2D eigenvalue weighted by Crippen LogP contribution is -2.47. The summed E-state index contributed by atoms with van der Waals surface area (Å²) in [7, 11) is 0. The Kier molecular flexibility index (Phi) is 5.45. The van der Waals surface area contributed by atoms with Crippen molar-refractivity contribution in [3.63, 3.8) is 0 Å². The topological polar surface area (TPSA) is 141 Å². The molecule has 2 aliphatic heterocycles. The Balaban J connectivity index is 1.26. The van der Waals surface area contributed by atoms with Crippen molar-refractivity contribution in [1.82, 2.24) is 15.3 Å². The molecule has 0 spiro atoms. The van der Waals surface area contributed by atoms with E-state index < -0.39 is 30.1 Å². The molecule has 0 bridgehead atoms. The van der Waals surface area contributed by atoms with Gasteiger partial charge in [0.1, 0.15) is 17.2 Å². The van der Waals surface area contributed by atoms with E-state index in [2.05, 4.69) is 25.5 Å². The first-order valence-corrected chi connectivity index (χ1v) is 12.1. The smallest absolute Gasteiger partial charge is 0.349 e. The number of H-pyrrole nitrogens is 1. The number of para-hydroxylation sites is 2. The maximum absolute atomic E-state index is 13.0. The molecule has 184 valence electrons. The predicted octanol–water partition coefficient (Wildman–Crippen LogP) is 2.10. The van der Waals surface area contributed by atoms with E-state index in [1.165, 1.54) is 17.3 Å². The zero-order valence-electron chi connectivity index (χ0n) is 19.5. The molecule has 1 atom stereocenters. The number of nitrogens with one attached hydrogen (secondary N) is 3. The minimum Gasteiger partial charge on any atom is -0.422 e. The third-order valence-corrected chi connectivity index (χ3v) is 6.90. The molecule has 0 fully saturated rings. The van der Waals surface area contributed by atoms with Crippen molar-refractivity contribution in [1.29, 1.82) is 0 Å². The molecule has 10 nitrogen and oxygen atoms in total. The number of hydrogen-bond donors (Lipinski definition) is 4. The summed E-state index contributed by atoms with van der Waals surface area (Å²) in [5.41, 5.74) is 4.31. The number of nitrogens with zero attached hydrogens (tertiary/aromatic N) is 2.